The molecule has 21 heavy (non-hydrogen) atoms. The van der Waals surface area contributed by atoms with Crippen LogP contribution in [-0.2, 0) is 0 Å². The number of carbonyl (C=O) groups excluding carboxylic acids is 1. The summed E-state index contributed by atoms with van der Waals surface area (Å²) in [5.41, 5.74) is 2.91. The Labute approximate surface area is 128 Å². The maximum Gasteiger partial charge on any atom is 0.267 e. The predicted octanol–water partition coefficient (Wildman–Crippen LogP) is 2.49. The zero-order valence-electron chi connectivity index (χ0n) is 13.1. The second-order valence-corrected chi connectivity index (χ2v) is 6.27. The molecular weight excluding hydrogens is 286 g/mol. The first-order chi connectivity index (χ1) is 9.79. The minimum absolute atomic E-state index is 0.162. The number of aromatic nitrogens is 3. The van der Waals surface area contributed by atoms with Crippen LogP contribution in [0.3, 0.4) is 0 Å². The van der Waals surface area contributed by atoms with Gasteiger partial charge in [-0.3, -0.25) is 4.79 Å². The van der Waals surface area contributed by atoms with Gasteiger partial charge in [0.2, 0.25) is 5.95 Å². The Morgan fingerprint density at radius 3 is 2.00 bits per heavy atom. The number of nitrogens with one attached hydrogen (secondary N) is 1. The molecule has 1 N–H and O–H groups in total. The average Bonchev–Trinajstić information content (AvgIpc) is 2.72. The van der Waals surface area contributed by atoms with Gasteiger partial charge in [0.15, 0.2) is 0 Å². The second kappa shape index (κ2) is 5.77. The van der Waals surface area contributed by atoms with Gasteiger partial charge in [0.05, 0.1) is 27.8 Å². The Morgan fingerprint density at radius 2 is 1.57 bits per heavy atom. The number of hydrogen-bond acceptors (Lipinski definition) is 6. The molecule has 2 aromatic heterocycles. The predicted molar refractivity (Wildman–Crippen MR) is 85.4 cm³/mol. The normalized spacial score (nSPS) is 10.6. The number of anilines is 2. The lowest BCUT2D eigenvalue weighted by atomic mass is 10.2. The van der Waals surface area contributed by atoms with Gasteiger partial charge in [0.25, 0.3) is 5.91 Å². The van der Waals surface area contributed by atoms with Gasteiger partial charge in [-0.15, -0.1) is 11.3 Å². The molecule has 0 aromatic carbocycles. The number of nitrogens with zero attached hydrogens (tertiary/aromatic N) is 4. The summed E-state index contributed by atoms with van der Waals surface area (Å²) in [6.07, 6.45) is 0. The number of amides is 1. The van der Waals surface area contributed by atoms with E-state index in [1.165, 1.54) is 11.3 Å². The zero-order chi connectivity index (χ0) is 15.7. The van der Waals surface area contributed by atoms with E-state index in [2.05, 4.69) is 20.3 Å². The number of hydrogen-bond donors (Lipinski definition) is 1. The van der Waals surface area contributed by atoms with Crippen LogP contribution in [0.5, 0.6) is 0 Å². The van der Waals surface area contributed by atoms with Crippen LogP contribution in [0.2, 0.25) is 0 Å². The Hall–Kier alpha value is -2.02. The lowest BCUT2D eigenvalue weighted by Gasteiger charge is -2.15. The van der Waals surface area contributed by atoms with Crippen molar-refractivity contribution in [1.82, 2.24) is 15.0 Å². The Balaban J connectivity index is 2.32. The van der Waals surface area contributed by atoms with E-state index in [1.807, 2.05) is 46.7 Å². The standard InChI is InChI=1S/C14H19N5OS/c1-7-11(8(2)17-14(16-7)19(5)6)18-13(20)12-9(3)15-10(4)21-12/h1-6H3,(H,18,20). The number of carbonyl (C=O) groups is 1. The van der Waals surface area contributed by atoms with Crippen LogP contribution in [0.4, 0.5) is 11.6 Å². The number of thiazole rings is 1. The van der Waals surface area contributed by atoms with E-state index in [4.69, 9.17) is 0 Å². The van der Waals surface area contributed by atoms with Crippen LogP contribution >= 0.6 is 11.3 Å². The van der Waals surface area contributed by atoms with Gasteiger partial charge in [-0.05, 0) is 27.7 Å². The zero-order valence-corrected chi connectivity index (χ0v) is 13.9. The molecule has 0 radical (unpaired) electrons. The summed E-state index contributed by atoms with van der Waals surface area (Å²) in [6.45, 7) is 7.45. The Bertz CT molecular complexity index is 670. The molecule has 0 aliphatic carbocycles. The van der Waals surface area contributed by atoms with E-state index < -0.39 is 0 Å². The summed E-state index contributed by atoms with van der Waals surface area (Å²) in [5, 5.41) is 3.78. The summed E-state index contributed by atoms with van der Waals surface area (Å²) in [7, 11) is 3.77. The van der Waals surface area contributed by atoms with Crippen molar-refractivity contribution in [1.29, 1.82) is 0 Å². The smallest absolute Gasteiger partial charge is 0.267 e. The molecule has 1 amide bonds. The molecule has 0 bridgehead atoms. The fraction of sp³-hybridized carbons (Fsp3) is 0.429. The minimum Gasteiger partial charge on any atom is -0.347 e. The van der Waals surface area contributed by atoms with Gasteiger partial charge in [-0.1, -0.05) is 0 Å². The van der Waals surface area contributed by atoms with Gasteiger partial charge in [0, 0.05) is 14.1 Å². The molecule has 0 spiro atoms. The lowest BCUT2D eigenvalue weighted by Crippen LogP contribution is -2.18. The molecule has 0 unspecified atom stereocenters. The molecule has 112 valence electrons. The SMILES string of the molecule is Cc1nc(C)c(C(=O)Nc2c(C)nc(N(C)C)nc2C)s1. The molecule has 0 aliphatic heterocycles. The number of aryl methyl sites for hydroxylation is 4. The first-order valence-electron chi connectivity index (χ1n) is 6.57. The highest BCUT2D eigenvalue weighted by atomic mass is 32.1. The summed E-state index contributed by atoms with van der Waals surface area (Å²) in [6, 6.07) is 0. The molecule has 0 fully saturated rings. The van der Waals surface area contributed by atoms with E-state index in [1.54, 1.807) is 0 Å². The molecule has 7 heteroatoms. The molecule has 0 saturated heterocycles. The topological polar surface area (TPSA) is 71.0 Å². The van der Waals surface area contributed by atoms with Crippen molar-refractivity contribution < 1.29 is 4.79 Å². The van der Waals surface area contributed by atoms with Crippen molar-refractivity contribution in [3.05, 3.63) is 27.0 Å². The third-order valence-electron chi connectivity index (χ3n) is 3.01. The van der Waals surface area contributed by atoms with E-state index in [9.17, 15) is 4.79 Å². The molecule has 0 aliphatic rings. The van der Waals surface area contributed by atoms with Crippen molar-refractivity contribution >= 4 is 28.9 Å². The van der Waals surface area contributed by atoms with Gasteiger partial charge >= 0.3 is 0 Å². The van der Waals surface area contributed by atoms with Crippen molar-refractivity contribution in [2.45, 2.75) is 27.7 Å². The van der Waals surface area contributed by atoms with E-state index >= 15 is 0 Å². The highest BCUT2D eigenvalue weighted by Gasteiger charge is 2.17. The highest BCUT2D eigenvalue weighted by molar-refractivity contribution is 7.13. The van der Waals surface area contributed by atoms with Gasteiger partial charge in [-0.2, -0.15) is 0 Å². The number of rotatable bonds is 3. The van der Waals surface area contributed by atoms with Crippen molar-refractivity contribution in [3.8, 4) is 0 Å². The van der Waals surface area contributed by atoms with Crippen LogP contribution in [-0.4, -0.2) is 35.0 Å². The summed E-state index contributed by atoms with van der Waals surface area (Å²) >= 11 is 1.39. The maximum absolute atomic E-state index is 12.4. The quantitative estimate of drug-likeness (QED) is 0.943. The molecule has 6 nitrogen and oxygen atoms in total. The summed E-state index contributed by atoms with van der Waals surface area (Å²) < 4.78 is 0. The fourth-order valence-corrected chi connectivity index (χ4v) is 2.81. The summed E-state index contributed by atoms with van der Waals surface area (Å²) in [5.74, 6) is 0.471. The first-order valence-corrected chi connectivity index (χ1v) is 7.39. The fourth-order valence-electron chi connectivity index (χ4n) is 1.99. The highest BCUT2D eigenvalue weighted by Crippen LogP contribution is 2.23. The molecule has 0 saturated carbocycles. The maximum atomic E-state index is 12.4. The van der Waals surface area contributed by atoms with Crippen LogP contribution in [0.15, 0.2) is 0 Å². The van der Waals surface area contributed by atoms with E-state index in [-0.39, 0.29) is 5.91 Å². The van der Waals surface area contributed by atoms with Gasteiger partial charge in [0.1, 0.15) is 4.88 Å². The largest absolute Gasteiger partial charge is 0.347 e. The molecule has 0 atom stereocenters. The third-order valence-corrected chi connectivity index (χ3v) is 4.08. The monoisotopic (exact) mass is 305 g/mol. The van der Waals surface area contributed by atoms with Crippen molar-refractivity contribution in [3.63, 3.8) is 0 Å². The molecule has 2 aromatic rings. The molecular formula is C14H19N5OS. The van der Waals surface area contributed by atoms with Crippen molar-refractivity contribution in [2.75, 3.05) is 24.3 Å². The van der Waals surface area contributed by atoms with Crippen LogP contribution in [0, 0.1) is 27.7 Å². The van der Waals surface area contributed by atoms with Crippen molar-refractivity contribution in [2.24, 2.45) is 0 Å². The lowest BCUT2D eigenvalue weighted by molar-refractivity contribution is 0.102. The van der Waals surface area contributed by atoms with E-state index in [0.29, 0.717) is 16.5 Å². The van der Waals surface area contributed by atoms with Gasteiger partial charge in [-0.25, -0.2) is 15.0 Å². The second-order valence-electron chi connectivity index (χ2n) is 5.07. The third kappa shape index (κ3) is 3.18. The van der Waals surface area contributed by atoms with Crippen LogP contribution in [0.25, 0.3) is 0 Å². The van der Waals surface area contributed by atoms with Crippen LogP contribution in [0.1, 0.15) is 31.8 Å². The van der Waals surface area contributed by atoms with Crippen LogP contribution < -0.4 is 10.2 Å². The Kier molecular flexibility index (Phi) is 4.22. The minimum atomic E-state index is -0.162. The van der Waals surface area contributed by atoms with E-state index in [0.717, 1.165) is 22.1 Å². The Morgan fingerprint density at radius 1 is 1.00 bits per heavy atom. The summed E-state index contributed by atoms with van der Waals surface area (Å²) in [4.78, 5) is 27.9. The molecule has 2 heterocycles. The first kappa shape index (κ1) is 15.4. The molecule has 2 rings (SSSR count). The average molecular weight is 305 g/mol. The van der Waals surface area contributed by atoms with Gasteiger partial charge < -0.3 is 10.2 Å².